The third-order valence-electron chi connectivity index (χ3n) is 3.29. The summed E-state index contributed by atoms with van der Waals surface area (Å²) in [5.74, 6) is -1.85. The molecule has 0 aliphatic rings. The van der Waals surface area contributed by atoms with Crippen LogP contribution >= 0.6 is 0 Å². The number of hydrogen-bond donors (Lipinski definition) is 2. The number of carbonyl (C=O) groups excluding carboxylic acids is 1. The number of carboxylic acids is 1. The van der Waals surface area contributed by atoms with Crippen molar-refractivity contribution in [1.29, 1.82) is 0 Å². The molecule has 0 bridgehead atoms. The second-order valence-corrected chi connectivity index (χ2v) is 5.12. The Bertz CT molecular complexity index is 684. The van der Waals surface area contributed by atoms with Crippen LogP contribution in [0.15, 0.2) is 24.5 Å². The molecule has 0 aromatic carbocycles. The normalized spacial score (nSPS) is 12.3. The first-order valence-electron chi connectivity index (χ1n) is 7.15. The number of amides is 1. The van der Waals surface area contributed by atoms with Crippen LogP contribution in [0.3, 0.4) is 0 Å². The molecular formula is C15H18FN3O3. The fourth-order valence-electron chi connectivity index (χ4n) is 2.18. The Kier molecular flexibility index (Phi) is 5.08. The molecule has 2 aromatic rings. The third-order valence-corrected chi connectivity index (χ3v) is 3.29. The predicted octanol–water partition coefficient (Wildman–Crippen LogP) is 1.78. The van der Waals surface area contributed by atoms with Gasteiger partial charge in [0.1, 0.15) is 17.5 Å². The monoisotopic (exact) mass is 307 g/mol. The molecule has 0 radical (unpaired) electrons. The smallest absolute Gasteiger partial charge is 0.326 e. The van der Waals surface area contributed by atoms with Crippen molar-refractivity contribution in [3.8, 4) is 0 Å². The quantitative estimate of drug-likeness (QED) is 0.816. The van der Waals surface area contributed by atoms with Crippen molar-refractivity contribution in [1.82, 2.24) is 14.7 Å². The van der Waals surface area contributed by atoms with Gasteiger partial charge < -0.3 is 14.8 Å². The maximum atomic E-state index is 13.1. The van der Waals surface area contributed by atoms with Gasteiger partial charge in [0.2, 0.25) is 5.91 Å². The van der Waals surface area contributed by atoms with Gasteiger partial charge in [0.25, 0.3) is 0 Å². The summed E-state index contributed by atoms with van der Waals surface area (Å²) >= 11 is 0. The fourth-order valence-corrected chi connectivity index (χ4v) is 2.18. The Labute approximate surface area is 127 Å². The van der Waals surface area contributed by atoms with E-state index in [1.54, 1.807) is 6.20 Å². The Balaban J connectivity index is 2.01. The van der Waals surface area contributed by atoms with E-state index in [1.165, 1.54) is 22.7 Å². The van der Waals surface area contributed by atoms with Crippen molar-refractivity contribution in [3.05, 3.63) is 36.0 Å². The Morgan fingerprint density at radius 1 is 1.41 bits per heavy atom. The highest BCUT2D eigenvalue weighted by molar-refractivity contribution is 5.84. The summed E-state index contributed by atoms with van der Waals surface area (Å²) in [6.45, 7) is 1.95. The lowest BCUT2D eigenvalue weighted by atomic mass is 10.1. The molecule has 2 heterocycles. The van der Waals surface area contributed by atoms with E-state index in [0.717, 1.165) is 12.8 Å². The second-order valence-electron chi connectivity index (χ2n) is 5.12. The number of rotatable bonds is 7. The lowest BCUT2D eigenvalue weighted by Crippen LogP contribution is -2.41. The number of nitrogens with one attached hydrogen (secondary N) is 1. The van der Waals surface area contributed by atoms with Crippen LogP contribution in [-0.2, 0) is 16.0 Å². The largest absolute Gasteiger partial charge is 0.480 e. The average Bonchev–Trinajstić information content (AvgIpc) is 2.84. The number of carboxylic acid groups (broad SMARTS) is 1. The van der Waals surface area contributed by atoms with E-state index in [0.29, 0.717) is 17.8 Å². The second kappa shape index (κ2) is 7.02. The van der Waals surface area contributed by atoms with Crippen LogP contribution in [0, 0.1) is 5.82 Å². The Morgan fingerprint density at radius 2 is 2.18 bits per heavy atom. The molecular weight excluding hydrogens is 289 g/mol. The molecule has 2 aromatic heterocycles. The molecule has 1 amide bonds. The van der Waals surface area contributed by atoms with Crippen LogP contribution in [0.5, 0.6) is 0 Å². The van der Waals surface area contributed by atoms with E-state index in [2.05, 4.69) is 10.3 Å². The van der Waals surface area contributed by atoms with Crippen molar-refractivity contribution >= 4 is 17.5 Å². The van der Waals surface area contributed by atoms with Crippen LogP contribution in [0.1, 0.15) is 31.9 Å². The van der Waals surface area contributed by atoms with E-state index in [-0.39, 0.29) is 6.42 Å². The highest BCUT2D eigenvalue weighted by Crippen LogP contribution is 2.08. The van der Waals surface area contributed by atoms with Gasteiger partial charge in [-0.2, -0.15) is 0 Å². The van der Waals surface area contributed by atoms with Gasteiger partial charge in [0, 0.05) is 12.4 Å². The molecule has 118 valence electrons. The van der Waals surface area contributed by atoms with Gasteiger partial charge in [-0.15, -0.1) is 0 Å². The average molecular weight is 307 g/mol. The van der Waals surface area contributed by atoms with E-state index < -0.39 is 23.7 Å². The van der Waals surface area contributed by atoms with E-state index in [4.69, 9.17) is 5.11 Å². The van der Waals surface area contributed by atoms with Crippen LogP contribution in [-0.4, -0.2) is 32.4 Å². The summed E-state index contributed by atoms with van der Waals surface area (Å²) in [6, 6.07) is 1.91. The minimum Gasteiger partial charge on any atom is -0.480 e. The zero-order valence-corrected chi connectivity index (χ0v) is 12.3. The van der Waals surface area contributed by atoms with Crippen molar-refractivity contribution < 1.29 is 19.1 Å². The molecule has 22 heavy (non-hydrogen) atoms. The lowest BCUT2D eigenvalue weighted by Gasteiger charge is -2.13. The fraction of sp³-hybridized carbons (Fsp3) is 0.400. The molecule has 1 atom stereocenters. The molecule has 2 rings (SSSR count). The molecule has 0 aliphatic heterocycles. The Hall–Kier alpha value is -2.44. The van der Waals surface area contributed by atoms with Crippen LogP contribution < -0.4 is 5.32 Å². The summed E-state index contributed by atoms with van der Waals surface area (Å²) in [6.07, 6.45) is 4.76. The summed E-state index contributed by atoms with van der Waals surface area (Å²) < 4.78 is 14.6. The SMILES string of the molecule is CCCCC(NC(=O)Cc1cn2cc(F)ccc2n1)C(=O)O. The van der Waals surface area contributed by atoms with Crippen LogP contribution in [0.2, 0.25) is 0 Å². The Morgan fingerprint density at radius 3 is 2.86 bits per heavy atom. The highest BCUT2D eigenvalue weighted by atomic mass is 19.1. The number of aromatic nitrogens is 2. The van der Waals surface area contributed by atoms with Gasteiger partial charge in [0.15, 0.2) is 0 Å². The van der Waals surface area contributed by atoms with Gasteiger partial charge in [-0.3, -0.25) is 4.79 Å². The minimum atomic E-state index is -1.04. The predicted molar refractivity (Wildman–Crippen MR) is 77.9 cm³/mol. The maximum Gasteiger partial charge on any atom is 0.326 e. The highest BCUT2D eigenvalue weighted by Gasteiger charge is 2.19. The van der Waals surface area contributed by atoms with E-state index >= 15 is 0 Å². The number of hydrogen-bond acceptors (Lipinski definition) is 3. The summed E-state index contributed by atoms with van der Waals surface area (Å²) in [5, 5.41) is 11.6. The molecule has 0 fully saturated rings. The molecule has 6 nitrogen and oxygen atoms in total. The van der Waals surface area contributed by atoms with Crippen molar-refractivity contribution in [2.75, 3.05) is 0 Å². The first kappa shape index (κ1) is 15.9. The van der Waals surface area contributed by atoms with Crippen molar-refractivity contribution in [2.24, 2.45) is 0 Å². The summed E-state index contributed by atoms with van der Waals surface area (Å²) in [7, 11) is 0. The number of nitrogens with zero attached hydrogens (tertiary/aromatic N) is 2. The first-order chi connectivity index (χ1) is 10.5. The first-order valence-corrected chi connectivity index (χ1v) is 7.15. The molecule has 0 aliphatic carbocycles. The molecule has 0 saturated carbocycles. The standard InChI is InChI=1S/C15H18FN3O3/c1-2-3-4-12(15(21)22)18-14(20)7-11-9-19-8-10(16)5-6-13(19)17-11/h5-6,8-9,12H,2-4,7H2,1H3,(H,18,20)(H,21,22). The van der Waals surface area contributed by atoms with E-state index in [9.17, 15) is 14.0 Å². The van der Waals surface area contributed by atoms with Crippen LogP contribution in [0.4, 0.5) is 4.39 Å². The number of carbonyl (C=O) groups is 2. The maximum absolute atomic E-state index is 13.1. The van der Waals surface area contributed by atoms with Gasteiger partial charge in [-0.25, -0.2) is 14.2 Å². The van der Waals surface area contributed by atoms with E-state index in [1.807, 2.05) is 6.92 Å². The van der Waals surface area contributed by atoms with Gasteiger partial charge in [0.05, 0.1) is 12.1 Å². The number of fused-ring (bicyclic) bond motifs is 1. The summed E-state index contributed by atoms with van der Waals surface area (Å²) in [4.78, 5) is 27.2. The van der Waals surface area contributed by atoms with Crippen LogP contribution in [0.25, 0.3) is 5.65 Å². The molecule has 7 heteroatoms. The van der Waals surface area contributed by atoms with Crippen molar-refractivity contribution in [2.45, 2.75) is 38.6 Å². The molecule has 1 unspecified atom stereocenters. The topological polar surface area (TPSA) is 83.7 Å². The van der Waals surface area contributed by atoms with Gasteiger partial charge in [-0.1, -0.05) is 19.8 Å². The number of imidazole rings is 1. The molecule has 0 spiro atoms. The lowest BCUT2D eigenvalue weighted by molar-refractivity contribution is -0.142. The number of aliphatic carboxylic acids is 1. The minimum absolute atomic E-state index is 0.0425. The molecule has 0 saturated heterocycles. The zero-order chi connectivity index (χ0) is 16.1. The number of pyridine rings is 1. The van der Waals surface area contributed by atoms with Gasteiger partial charge in [-0.05, 0) is 18.6 Å². The number of unbranched alkanes of at least 4 members (excludes halogenated alkanes) is 1. The summed E-state index contributed by atoms with van der Waals surface area (Å²) in [5.41, 5.74) is 0.993. The van der Waals surface area contributed by atoms with Crippen molar-refractivity contribution in [3.63, 3.8) is 0 Å². The number of halogens is 1. The third kappa shape index (κ3) is 4.03. The molecule has 2 N–H and O–H groups in total. The zero-order valence-electron chi connectivity index (χ0n) is 12.3. The van der Waals surface area contributed by atoms with Gasteiger partial charge >= 0.3 is 5.97 Å².